The lowest BCUT2D eigenvalue weighted by atomic mass is 10.0. The number of aromatic nitrogens is 1. The van der Waals surface area contributed by atoms with Gasteiger partial charge in [-0.25, -0.2) is 4.79 Å². The largest absolute Gasteiger partial charge is 0.464 e. The number of nitrogens with zero attached hydrogens (tertiary/aromatic N) is 2. The second-order valence-corrected chi connectivity index (χ2v) is 8.15. The Morgan fingerprint density at radius 2 is 2.10 bits per heavy atom. The Morgan fingerprint density at radius 3 is 2.69 bits per heavy atom. The van der Waals surface area contributed by atoms with Crippen LogP contribution < -0.4 is 0 Å². The normalized spacial score (nSPS) is 16.1. The summed E-state index contributed by atoms with van der Waals surface area (Å²) >= 11 is 1.35. The molecule has 1 aliphatic rings. The van der Waals surface area contributed by atoms with Gasteiger partial charge in [-0.1, -0.05) is 6.07 Å². The summed E-state index contributed by atoms with van der Waals surface area (Å²) in [5, 5.41) is 1.84. The van der Waals surface area contributed by atoms with Crippen LogP contribution in [0.4, 0.5) is 0 Å². The van der Waals surface area contributed by atoms with Gasteiger partial charge in [0.1, 0.15) is 5.69 Å². The Bertz CT molecular complexity index is 910. The molecule has 0 spiro atoms. The summed E-state index contributed by atoms with van der Waals surface area (Å²) in [5.74, 6) is -0.866. The minimum absolute atomic E-state index is 0.0599. The van der Waals surface area contributed by atoms with E-state index in [-0.39, 0.29) is 24.3 Å². The molecular weight excluding hydrogens is 392 g/mol. The molecule has 1 fully saturated rings. The second kappa shape index (κ2) is 8.92. The zero-order valence-corrected chi connectivity index (χ0v) is 18.0. The van der Waals surface area contributed by atoms with Crippen molar-refractivity contribution in [1.82, 2.24) is 9.47 Å². The zero-order chi connectivity index (χ0) is 21.1. The Hall–Kier alpha value is -2.45. The molecule has 156 valence electrons. The fraction of sp³-hybridized carbons (Fsp3) is 0.476. The van der Waals surface area contributed by atoms with Crippen LogP contribution in [0.2, 0.25) is 0 Å². The average Bonchev–Trinajstić information content (AvgIpc) is 3.43. The monoisotopic (exact) mass is 418 g/mol. The van der Waals surface area contributed by atoms with Crippen LogP contribution in [-0.2, 0) is 16.5 Å². The fourth-order valence-electron chi connectivity index (χ4n) is 3.84. The van der Waals surface area contributed by atoms with Gasteiger partial charge in [-0.2, -0.15) is 0 Å². The molecule has 1 amide bonds. The maximum Gasteiger partial charge on any atom is 0.354 e. The maximum absolute atomic E-state index is 13.2. The van der Waals surface area contributed by atoms with Gasteiger partial charge < -0.3 is 18.9 Å². The van der Waals surface area contributed by atoms with E-state index < -0.39 is 5.97 Å². The number of Topliss-reactive ketones (excluding diaryl/α,β-unsaturated/α-hetero) is 1. The quantitative estimate of drug-likeness (QED) is 0.510. The van der Waals surface area contributed by atoms with Crippen molar-refractivity contribution in [3.8, 4) is 0 Å². The van der Waals surface area contributed by atoms with Gasteiger partial charge in [0.05, 0.1) is 24.6 Å². The van der Waals surface area contributed by atoms with Gasteiger partial charge in [-0.15, -0.1) is 11.3 Å². The molecule has 3 rings (SSSR count). The number of hydrogen-bond donors (Lipinski definition) is 0. The van der Waals surface area contributed by atoms with Gasteiger partial charge in [0.2, 0.25) is 0 Å². The van der Waals surface area contributed by atoms with Crippen molar-refractivity contribution in [2.24, 2.45) is 7.05 Å². The van der Waals surface area contributed by atoms with Crippen molar-refractivity contribution in [3.05, 3.63) is 44.9 Å². The predicted octanol–water partition coefficient (Wildman–Crippen LogP) is 2.99. The average molecular weight is 419 g/mol. The molecule has 0 aromatic carbocycles. The van der Waals surface area contributed by atoms with Crippen molar-refractivity contribution >= 4 is 29.0 Å². The van der Waals surface area contributed by atoms with E-state index in [9.17, 15) is 14.4 Å². The number of methoxy groups -OCH3 is 1. The summed E-state index contributed by atoms with van der Waals surface area (Å²) in [6.45, 7) is 4.51. The van der Waals surface area contributed by atoms with Crippen LogP contribution in [0.15, 0.2) is 17.5 Å². The molecule has 1 atom stereocenters. The van der Waals surface area contributed by atoms with E-state index in [1.54, 1.807) is 36.4 Å². The van der Waals surface area contributed by atoms with Crippen molar-refractivity contribution < 1.29 is 23.9 Å². The number of carbonyl (C=O) groups excluding carboxylic acids is 3. The third-order valence-electron chi connectivity index (χ3n) is 5.39. The predicted molar refractivity (Wildman–Crippen MR) is 110 cm³/mol. The highest BCUT2D eigenvalue weighted by molar-refractivity contribution is 7.12. The van der Waals surface area contributed by atoms with Crippen LogP contribution in [0, 0.1) is 13.8 Å². The van der Waals surface area contributed by atoms with Crippen molar-refractivity contribution in [2.45, 2.75) is 32.8 Å². The number of esters is 1. The van der Waals surface area contributed by atoms with E-state index in [1.807, 2.05) is 11.4 Å². The molecular formula is C21H26N2O5S. The van der Waals surface area contributed by atoms with Crippen molar-refractivity contribution in [1.29, 1.82) is 0 Å². The van der Waals surface area contributed by atoms with E-state index in [2.05, 4.69) is 0 Å². The molecule has 1 saturated heterocycles. The molecule has 1 aliphatic heterocycles. The minimum Gasteiger partial charge on any atom is -0.464 e. The van der Waals surface area contributed by atoms with Crippen LogP contribution in [0.1, 0.15) is 54.6 Å². The van der Waals surface area contributed by atoms with E-state index in [0.717, 1.165) is 12.8 Å². The van der Waals surface area contributed by atoms with Gasteiger partial charge in [-0.3, -0.25) is 9.59 Å². The summed E-state index contributed by atoms with van der Waals surface area (Å²) in [7, 11) is 3.04. The first-order chi connectivity index (χ1) is 13.8. The number of carbonyl (C=O) groups is 3. The van der Waals surface area contributed by atoms with Crippen molar-refractivity contribution in [3.63, 3.8) is 0 Å². The first kappa shape index (κ1) is 21.3. The van der Waals surface area contributed by atoms with Gasteiger partial charge >= 0.3 is 5.97 Å². The third-order valence-corrected chi connectivity index (χ3v) is 6.25. The molecule has 0 aliphatic carbocycles. The highest BCUT2D eigenvalue weighted by Crippen LogP contribution is 2.24. The standard InChI is InChI=1S/C21H26N2O5S/c1-13-18(14(2)22(3)19(13)21(26)27-4)16(24)12-23(11-15-7-5-9-28-15)20(25)17-8-6-10-29-17/h6,8,10,15H,5,7,9,11-12H2,1-4H3. The molecule has 0 radical (unpaired) electrons. The first-order valence-corrected chi connectivity index (χ1v) is 10.4. The molecule has 0 N–H and O–H groups in total. The highest BCUT2D eigenvalue weighted by Gasteiger charge is 2.30. The first-order valence-electron chi connectivity index (χ1n) is 9.56. The molecule has 29 heavy (non-hydrogen) atoms. The van der Waals surface area contributed by atoms with E-state index in [4.69, 9.17) is 9.47 Å². The van der Waals surface area contributed by atoms with Gasteiger partial charge in [-0.05, 0) is 43.7 Å². The molecule has 8 heteroatoms. The zero-order valence-electron chi connectivity index (χ0n) is 17.2. The lowest BCUT2D eigenvalue weighted by Crippen LogP contribution is -2.40. The van der Waals surface area contributed by atoms with E-state index in [0.29, 0.717) is 40.5 Å². The van der Waals surface area contributed by atoms with Crippen LogP contribution in [-0.4, -0.2) is 60.0 Å². The number of hydrogen-bond acceptors (Lipinski definition) is 6. The summed E-state index contributed by atoms with van der Waals surface area (Å²) < 4.78 is 12.2. The summed E-state index contributed by atoms with van der Waals surface area (Å²) in [6, 6.07) is 3.58. The van der Waals surface area contributed by atoms with Crippen LogP contribution in [0.3, 0.4) is 0 Å². The van der Waals surface area contributed by atoms with Crippen LogP contribution >= 0.6 is 11.3 Å². The van der Waals surface area contributed by atoms with Crippen molar-refractivity contribution in [2.75, 3.05) is 26.8 Å². The highest BCUT2D eigenvalue weighted by atomic mass is 32.1. The molecule has 1 unspecified atom stereocenters. The lowest BCUT2D eigenvalue weighted by molar-refractivity contribution is 0.0509. The van der Waals surface area contributed by atoms with Gasteiger partial charge in [0.15, 0.2) is 5.78 Å². The molecule has 3 heterocycles. The fourth-order valence-corrected chi connectivity index (χ4v) is 4.53. The molecule has 2 aromatic heterocycles. The second-order valence-electron chi connectivity index (χ2n) is 7.21. The van der Waals surface area contributed by atoms with Crippen LogP contribution in [0.25, 0.3) is 0 Å². The Morgan fingerprint density at radius 1 is 1.34 bits per heavy atom. The van der Waals surface area contributed by atoms with E-state index in [1.165, 1.54) is 18.4 Å². The summed E-state index contributed by atoms with van der Waals surface area (Å²) in [5.41, 5.74) is 2.06. The molecule has 2 aromatic rings. The molecule has 0 bridgehead atoms. The Labute approximate surface area is 174 Å². The minimum atomic E-state index is -0.488. The van der Waals surface area contributed by atoms with Gasteiger partial charge in [0.25, 0.3) is 5.91 Å². The van der Waals surface area contributed by atoms with Gasteiger partial charge in [0, 0.05) is 31.5 Å². The Balaban J connectivity index is 1.88. The summed E-state index contributed by atoms with van der Waals surface area (Å²) in [6.07, 6.45) is 1.77. The number of amides is 1. The number of ketones is 1. The third kappa shape index (κ3) is 4.28. The SMILES string of the molecule is COC(=O)c1c(C)c(C(=O)CN(CC2CCCO2)C(=O)c2cccs2)c(C)n1C. The number of ether oxygens (including phenoxy) is 2. The Kier molecular flexibility index (Phi) is 6.54. The number of rotatable bonds is 7. The topological polar surface area (TPSA) is 77.8 Å². The maximum atomic E-state index is 13.2. The van der Waals surface area contributed by atoms with Crippen LogP contribution in [0.5, 0.6) is 0 Å². The number of thiophene rings is 1. The lowest BCUT2D eigenvalue weighted by Gasteiger charge is -2.24. The summed E-state index contributed by atoms with van der Waals surface area (Å²) in [4.78, 5) is 40.5. The molecule has 0 saturated carbocycles. The smallest absolute Gasteiger partial charge is 0.354 e. The molecule has 7 nitrogen and oxygen atoms in total. The van der Waals surface area contributed by atoms with E-state index >= 15 is 0 Å².